The molecule has 0 fully saturated rings. The maximum Gasteiger partial charge on any atom is 0.165 e. The van der Waals surface area contributed by atoms with Crippen molar-refractivity contribution in [1.82, 2.24) is 0 Å². The molecule has 4 rings (SSSR count). The molecule has 0 bridgehead atoms. The predicted octanol–water partition coefficient (Wildman–Crippen LogP) is 4.75. The maximum atomic E-state index is 11.2. The maximum absolute atomic E-state index is 11.2. The first kappa shape index (κ1) is 20.6. The number of ether oxygens (including phenoxy) is 2. The van der Waals surface area contributed by atoms with Gasteiger partial charge in [-0.15, -0.1) is 0 Å². The van der Waals surface area contributed by atoms with Crippen molar-refractivity contribution < 1.29 is 24.8 Å². The molecular weight excluding hydrogens is 380 g/mol. The molecule has 0 amide bonds. The van der Waals surface area contributed by atoms with Crippen molar-refractivity contribution >= 4 is 0 Å². The summed E-state index contributed by atoms with van der Waals surface area (Å²) < 4.78 is 12.3. The van der Waals surface area contributed by atoms with Crippen molar-refractivity contribution in [2.75, 3.05) is 0 Å². The third-order valence-electron chi connectivity index (χ3n) is 6.11. The van der Waals surface area contributed by atoms with Crippen molar-refractivity contribution in [2.45, 2.75) is 71.2 Å². The lowest BCUT2D eigenvalue weighted by atomic mass is 9.85. The summed E-state index contributed by atoms with van der Waals surface area (Å²) in [6.07, 6.45) is 3.75. The van der Waals surface area contributed by atoms with Crippen LogP contribution in [0, 0.1) is 0 Å². The van der Waals surface area contributed by atoms with Gasteiger partial charge in [0.05, 0.1) is 6.10 Å². The normalized spacial score (nSPS) is 21.6. The number of aromatic hydroxyl groups is 2. The van der Waals surface area contributed by atoms with Gasteiger partial charge in [0.2, 0.25) is 0 Å². The van der Waals surface area contributed by atoms with Gasteiger partial charge in [-0.2, -0.15) is 0 Å². The van der Waals surface area contributed by atoms with E-state index in [9.17, 15) is 15.3 Å². The lowest BCUT2D eigenvalue weighted by Gasteiger charge is -2.38. The molecular formula is C25H30O5. The fraction of sp³-hybridized carbons (Fsp3) is 0.440. The van der Waals surface area contributed by atoms with Crippen LogP contribution < -0.4 is 9.47 Å². The van der Waals surface area contributed by atoms with Gasteiger partial charge < -0.3 is 24.8 Å². The highest BCUT2D eigenvalue weighted by atomic mass is 16.5. The van der Waals surface area contributed by atoms with Gasteiger partial charge in [0.15, 0.2) is 11.5 Å². The van der Waals surface area contributed by atoms with E-state index in [1.54, 1.807) is 12.1 Å². The van der Waals surface area contributed by atoms with Gasteiger partial charge in [0.1, 0.15) is 23.2 Å². The summed E-state index contributed by atoms with van der Waals surface area (Å²) in [7, 11) is 0. The number of aryl methyl sites for hydroxylation is 1. The molecule has 0 aliphatic carbocycles. The summed E-state index contributed by atoms with van der Waals surface area (Å²) in [5.41, 5.74) is 3.95. The molecule has 3 N–H and O–H groups in total. The lowest BCUT2D eigenvalue weighted by Crippen LogP contribution is -2.46. The first-order valence-corrected chi connectivity index (χ1v) is 10.5. The summed E-state index contributed by atoms with van der Waals surface area (Å²) >= 11 is 0. The summed E-state index contributed by atoms with van der Waals surface area (Å²) in [5, 5.41) is 31.5. The van der Waals surface area contributed by atoms with Crippen LogP contribution in [0.25, 0.3) is 0 Å². The highest BCUT2D eigenvalue weighted by molar-refractivity contribution is 5.58. The Morgan fingerprint density at radius 1 is 1.17 bits per heavy atom. The minimum atomic E-state index is -0.766. The van der Waals surface area contributed by atoms with Crippen molar-refractivity contribution in [2.24, 2.45) is 0 Å². The molecule has 0 aromatic heterocycles. The van der Waals surface area contributed by atoms with Gasteiger partial charge in [-0.3, -0.25) is 0 Å². The fourth-order valence-electron chi connectivity index (χ4n) is 4.20. The van der Waals surface area contributed by atoms with Crippen LogP contribution in [0.1, 0.15) is 62.5 Å². The van der Waals surface area contributed by atoms with E-state index in [-0.39, 0.29) is 17.6 Å². The van der Waals surface area contributed by atoms with Crippen LogP contribution in [0.5, 0.6) is 23.0 Å². The number of fused-ring (bicyclic) bond motifs is 2. The van der Waals surface area contributed by atoms with Crippen LogP contribution in [-0.4, -0.2) is 27.0 Å². The number of aliphatic hydroxyl groups is 1. The number of phenols is 2. The van der Waals surface area contributed by atoms with Gasteiger partial charge in [0, 0.05) is 29.2 Å². The van der Waals surface area contributed by atoms with Crippen molar-refractivity contribution in [3.05, 3.63) is 58.2 Å². The van der Waals surface area contributed by atoms with Gasteiger partial charge in [-0.05, 0) is 64.7 Å². The first-order chi connectivity index (χ1) is 14.2. The Balaban J connectivity index is 1.80. The molecule has 2 aliphatic rings. The zero-order valence-electron chi connectivity index (χ0n) is 18.0. The van der Waals surface area contributed by atoms with E-state index in [0.717, 1.165) is 40.7 Å². The molecule has 0 unspecified atom stereocenters. The third kappa shape index (κ3) is 3.74. The minimum Gasteiger partial charge on any atom is -0.508 e. The van der Waals surface area contributed by atoms with Crippen LogP contribution in [0.4, 0.5) is 0 Å². The van der Waals surface area contributed by atoms with E-state index < -0.39 is 11.7 Å². The molecule has 5 nitrogen and oxygen atoms in total. The van der Waals surface area contributed by atoms with Gasteiger partial charge in [0.25, 0.3) is 0 Å². The molecule has 0 spiro atoms. The Morgan fingerprint density at radius 3 is 2.67 bits per heavy atom. The van der Waals surface area contributed by atoms with Gasteiger partial charge in [-0.1, -0.05) is 17.7 Å². The SMILES string of the molecule is CC(C)=CCc1c([C@@H]2CCc3ccc(O)cc3O2)cc2c(c1O)OC(C)(C)[C@H](O)C2. The number of hydrogen-bond donors (Lipinski definition) is 3. The standard InChI is InChI=1S/C25H30O5/c1-14(2)5-9-18-19(20-10-7-15-6-8-17(26)13-21(15)29-20)11-16-12-22(27)25(3,4)30-24(16)23(18)28/h5-6,8,11,13,20,22,26-28H,7,9-10,12H2,1-4H3/t20-,22+/m0/s1. The second-order valence-corrected chi connectivity index (χ2v) is 9.13. The van der Waals surface area contributed by atoms with Crippen LogP contribution in [0.3, 0.4) is 0 Å². The monoisotopic (exact) mass is 410 g/mol. The largest absolute Gasteiger partial charge is 0.508 e. The molecule has 2 aromatic rings. The van der Waals surface area contributed by atoms with Gasteiger partial charge >= 0.3 is 0 Å². The van der Waals surface area contributed by atoms with Crippen LogP contribution >= 0.6 is 0 Å². The zero-order valence-corrected chi connectivity index (χ0v) is 18.0. The smallest absolute Gasteiger partial charge is 0.165 e. The van der Waals surface area contributed by atoms with Crippen LogP contribution in [-0.2, 0) is 19.3 Å². The Kier molecular flexibility index (Phi) is 5.18. The molecule has 0 radical (unpaired) electrons. The number of aliphatic hydroxyl groups excluding tert-OH is 1. The van der Waals surface area contributed by atoms with Crippen molar-refractivity contribution in [3.8, 4) is 23.0 Å². The Hall–Kier alpha value is -2.66. The Labute approximate surface area is 177 Å². The number of rotatable bonds is 3. The highest BCUT2D eigenvalue weighted by Gasteiger charge is 2.39. The summed E-state index contributed by atoms with van der Waals surface area (Å²) in [6, 6.07) is 7.22. The van der Waals surface area contributed by atoms with E-state index in [1.807, 2.05) is 39.8 Å². The van der Waals surface area contributed by atoms with E-state index in [2.05, 4.69) is 6.08 Å². The molecule has 30 heavy (non-hydrogen) atoms. The van der Waals surface area contributed by atoms with E-state index >= 15 is 0 Å². The summed E-state index contributed by atoms with van der Waals surface area (Å²) in [4.78, 5) is 0. The molecule has 2 heterocycles. The summed E-state index contributed by atoms with van der Waals surface area (Å²) in [6.45, 7) is 7.72. The molecule has 0 saturated carbocycles. The van der Waals surface area contributed by atoms with E-state index in [0.29, 0.717) is 24.3 Å². The molecule has 0 saturated heterocycles. The second-order valence-electron chi connectivity index (χ2n) is 9.13. The number of benzene rings is 2. The first-order valence-electron chi connectivity index (χ1n) is 10.5. The Bertz CT molecular complexity index is 1000. The second kappa shape index (κ2) is 7.55. The molecule has 5 heteroatoms. The van der Waals surface area contributed by atoms with Gasteiger partial charge in [-0.25, -0.2) is 0 Å². The number of allylic oxidation sites excluding steroid dienone is 2. The average molecular weight is 411 g/mol. The number of hydrogen-bond acceptors (Lipinski definition) is 5. The minimum absolute atomic E-state index is 0.130. The fourth-order valence-corrected chi connectivity index (χ4v) is 4.20. The predicted molar refractivity (Wildman–Crippen MR) is 115 cm³/mol. The highest BCUT2D eigenvalue weighted by Crippen LogP contribution is 2.47. The van der Waals surface area contributed by atoms with E-state index in [4.69, 9.17) is 9.47 Å². The van der Waals surface area contributed by atoms with E-state index in [1.165, 1.54) is 0 Å². The molecule has 2 aliphatic heterocycles. The topological polar surface area (TPSA) is 79.2 Å². The van der Waals surface area contributed by atoms with Crippen molar-refractivity contribution in [1.29, 1.82) is 0 Å². The van der Waals surface area contributed by atoms with Crippen LogP contribution in [0.15, 0.2) is 35.9 Å². The lowest BCUT2D eigenvalue weighted by molar-refractivity contribution is -0.0427. The molecule has 160 valence electrons. The number of phenolic OH excluding ortho intramolecular Hbond substituents is 2. The average Bonchev–Trinajstić information content (AvgIpc) is 2.68. The van der Waals surface area contributed by atoms with Crippen LogP contribution in [0.2, 0.25) is 0 Å². The van der Waals surface area contributed by atoms with Crippen molar-refractivity contribution in [3.63, 3.8) is 0 Å². The zero-order chi connectivity index (χ0) is 21.6. The molecule has 2 atom stereocenters. The Morgan fingerprint density at radius 2 is 1.93 bits per heavy atom. The third-order valence-corrected chi connectivity index (χ3v) is 6.11. The summed E-state index contributed by atoms with van der Waals surface area (Å²) in [5.74, 6) is 1.44. The quantitative estimate of drug-likeness (QED) is 0.637. The molecule has 2 aromatic carbocycles.